The Kier molecular flexibility index (Phi) is 6.44. The van der Waals surface area contributed by atoms with Gasteiger partial charge < -0.3 is 5.11 Å². The Morgan fingerprint density at radius 2 is 2.10 bits per heavy atom. The molecule has 0 amide bonds. The number of hydrogen-bond acceptors (Lipinski definition) is 2. The summed E-state index contributed by atoms with van der Waals surface area (Å²) in [5, 5.41) is 10.2. The van der Waals surface area contributed by atoms with Gasteiger partial charge >= 0.3 is 0 Å². The fourth-order valence-electron chi connectivity index (χ4n) is 2.24. The summed E-state index contributed by atoms with van der Waals surface area (Å²) < 4.78 is 0. The van der Waals surface area contributed by atoms with Crippen molar-refractivity contribution < 1.29 is 5.11 Å². The van der Waals surface area contributed by atoms with E-state index in [1.165, 1.54) is 11.1 Å². The molecule has 1 aromatic rings. The van der Waals surface area contributed by atoms with Crippen molar-refractivity contribution in [3.63, 3.8) is 0 Å². The minimum atomic E-state index is -0.833. The molecule has 0 heterocycles. The first-order chi connectivity index (χ1) is 9.32. The van der Waals surface area contributed by atoms with Gasteiger partial charge in [0.25, 0.3) is 0 Å². The van der Waals surface area contributed by atoms with Crippen molar-refractivity contribution in [1.82, 2.24) is 4.90 Å². The lowest BCUT2D eigenvalue weighted by atomic mass is 10.0. The van der Waals surface area contributed by atoms with Crippen LogP contribution in [0, 0.1) is 12.8 Å². The summed E-state index contributed by atoms with van der Waals surface area (Å²) in [6, 6.07) is 8.57. The topological polar surface area (TPSA) is 23.5 Å². The smallest absolute Gasteiger partial charge is 0.0923 e. The molecule has 112 valence electrons. The molecule has 0 aliphatic heterocycles. The largest absolute Gasteiger partial charge is 0.385 e. The average Bonchev–Trinajstić information content (AvgIpc) is 2.35. The van der Waals surface area contributed by atoms with Gasteiger partial charge in [-0.05, 0) is 38.3 Å². The second-order valence-electron chi connectivity index (χ2n) is 6.44. The van der Waals surface area contributed by atoms with Crippen molar-refractivity contribution in [2.75, 3.05) is 13.1 Å². The number of rotatable bonds is 8. The predicted octanol–water partition coefficient (Wildman–Crippen LogP) is 3.78. The number of nitrogens with zero attached hydrogens (tertiary/aromatic N) is 1. The Balaban J connectivity index is 2.73. The van der Waals surface area contributed by atoms with Crippen LogP contribution in [-0.4, -0.2) is 28.7 Å². The highest BCUT2D eigenvalue weighted by Crippen LogP contribution is 2.14. The van der Waals surface area contributed by atoms with Gasteiger partial charge in [0.15, 0.2) is 0 Å². The molecule has 0 radical (unpaired) electrons. The molecule has 1 N–H and O–H groups in total. The van der Waals surface area contributed by atoms with Gasteiger partial charge in [-0.25, -0.2) is 0 Å². The zero-order valence-corrected chi connectivity index (χ0v) is 13.4. The Hall–Kier alpha value is -1.12. The second kappa shape index (κ2) is 7.61. The van der Waals surface area contributed by atoms with Gasteiger partial charge in [-0.1, -0.05) is 49.8 Å². The number of benzene rings is 1. The summed E-state index contributed by atoms with van der Waals surface area (Å²) in [5.41, 5.74) is 1.75. The minimum Gasteiger partial charge on any atom is -0.385 e. The molecule has 0 saturated heterocycles. The van der Waals surface area contributed by atoms with Gasteiger partial charge in [-0.3, -0.25) is 4.90 Å². The van der Waals surface area contributed by atoms with E-state index in [0.717, 1.165) is 19.5 Å². The highest BCUT2D eigenvalue weighted by molar-refractivity contribution is 5.22. The van der Waals surface area contributed by atoms with Crippen molar-refractivity contribution in [2.45, 2.75) is 46.3 Å². The van der Waals surface area contributed by atoms with Crippen LogP contribution >= 0.6 is 0 Å². The number of aliphatic hydroxyl groups is 1. The van der Waals surface area contributed by atoms with Crippen LogP contribution in [0.2, 0.25) is 0 Å². The number of aryl methyl sites for hydroxylation is 1. The van der Waals surface area contributed by atoms with Gasteiger partial charge in [0.1, 0.15) is 0 Å². The predicted molar refractivity (Wildman–Crippen MR) is 86.7 cm³/mol. The molecule has 0 spiro atoms. The zero-order valence-electron chi connectivity index (χ0n) is 13.4. The monoisotopic (exact) mass is 275 g/mol. The Morgan fingerprint density at radius 1 is 1.40 bits per heavy atom. The van der Waals surface area contributed by atoms with Crippen molar-refractivity contribution in [1.29, 1.82) is 0 Å². The lowest BCUT2D eigenvalue weighted by Gasteiger charge is -2.30. The summed E-state index contributed by atoms with van der Waals surface area (Å²) in [5.74, 6) is 0.670. The van der Waals surface area contributed by atoms with Gasteiger partial charge in [0.05, 0.1) is 5.60 Å². The summed E-state index contributed by atoms with van der Waals surface area (Å²) in [4.78, 5) is 2.32. The first-order valence-corrected chi connectivity index (χ1v) is 7.46. The number of hydrogen-bond donors (Lipinski definition) is 1. The summed E-state index contributed by atoms with van der Waals surface area (Å²) in [7, 11) is 0. The molecular weight excluding hydrogens is 246 g/mol. The van der Waals surface area contributed by atoms with E-state index in [2.05, 4.69) is 56.5 Å². The molecule has 1 aromatic carbocycles. The maximum absolute atomic E-state index is 10.2. The maximum atomic E-state index is 10.2. The standard InChI is InChI=1S/C18H29NO/c1-6-18(5,20)14-19(11-10-15(2)3)13-17-9-7-8-16(4)12-17/h6-9,12,15,20H,1,10-11,13-14H2,2-5H3. The molecule has 20 heavy (non-hydrogen) atoms. The van der Waals surface area contributed by atoms with Crippen LogP contribution in [-0.2, 0) is 6.54 Å². The summed E-state index contributed by atoms with van der Waals surface area (Å²) >= 11 is 0. The molecule has 0 fully saturated rings. The fourth-order valence-corrected chi connectivity index (χ4v) is 2.24. The highest BCUT2D eigenvalue weighted by Gasteiger charge is 2.20. The van der Waals surface area contributed by atoms with E-state index in [1.807, 2.05) is 6.92 Å². The third-order valence-corrected chi connectivity index (χ3v) is 3.49. The molecule has 0 aliphatic rings. The first kappa shape index (κ1) is 16.9. The van der Waals surface area contributed by atoms with E-state index in [4.69, 9.17) is 0 Å². The Labute approximate surface area is 124 Å². The van der Waals surface area contributed by atoms with Gasteiger partial charge in [-0.2, -0.15) is 0 Å². The normalized spacial score (nSPS) is 14.6. The molecule has 1 rings (SSSR count). The molecule has 1 atom stereocenters. The third-order valence-electron chi connectivity index (χ3n) is 3.49. The van der Waals surface area contributed by atoms with Gasteiger partial charge in [-0.15, -0.1) is 6.58 Å². The molecule has 0 aromatic heterocycles. The Bertz CT molecular complexity index is 423. The van der Waals surface area contributed by atoms with Gasteiger partial charge in [0, 0.05) is 13.1 Å². The lowest BCUT2D eigenvalue weighted by molar-refractivity contribution is 0.0569. The summed E-state index contributed by atoms with van der Waals surface area (Å²) in [6.45, 7) is 14.6. The van der Waals surface area contributed by atoms with Crippen molar-refractivity contribution in [3.05, 3.63) is 48.0 Å². The van der Waals surface area contributed by atoms with Crippen LogP contribution in [0.4, 0.5) is 0 Å². The van der Waals surface area contributed by atoms with E-state index < -0.39 is 5.60 Å². The molecule has 2 heteroatoms. The van der Waals surface area contributed by atoms with Crippen molar-refractivity contribution in [2.24, 2.45) is 5.92 Å². The average molecular weight is 275 g/mol. The molecule has 0 aliphatic carbocycles. The molecular formula is C18H29NO. The van der Waals surface area contributed by atoms with E-state index in [1.54, 1.807) is 6.08 Å². The summed E-state index contributed by atoms with van der Waals surface area (Å²) in [6.07, 6.45) is 2.77. The first-order valence-electron chi connectivity index (χ1n) is 7.46. The van der Waals surface area contributed by atoms with E-state index in [-0.39, 0.29) is 0 Å². The fraction of sp³-hybridized carbons (Fsp3) is 0.556. The van der Waals surface area contributed by atoms with Crippen LogP contribution < -0.4 is 0 Å². The highest BCUT2D eigenvalue weighted by atomic mass is 16.3. The SMILES string of the molecule is C=CC(C)(O)CN(CCC(C)C)Cc1cccc(C)c1. The van der Waals surface area contributed by atoms with E-state index in [0.29, 0.717) is 12.5 Å². The molecule has 1 unspecified atom stereocenters. The third kappa shape index (κ3) is 6.36. The van der Waals surface area contributed by atoms with Crippen LogP contribution in [0.1, 0.15) is 38.3 Å². The van der Waals surface area contributed by atoms with Crippen LogP contribution in [0.15, 0.2) is 36.9 Å². The van der Waals surface area contributed by atoms with E-state index >= 15 is 0 Å². The van der Waals surface area contributed by atoms with Crippen molar-refractivity contribution in [3.8, 4) is 0 Å². The second-order valence-corrected chi connectivity index (χ2v) is 6.44. The van der Waals surface area contributed by atoms with Crippen LogP contribution in [0.3, 0.4) is 0 Å². The van der Waals surface area contributed by atoms with Crippen molar-refractivity contribution >= 4 is 0 Å². The van der Waals surface area contributed by atoms with Gasteiger partial charge in [0.2, 0.25) is 0 Å². The minimum absolute atomic E-state index is 0.622. The van der Waals surface area contributed by atoms with Crippen LogP contribution in [0.5, 0.6) is 0 Å². The Morgan fingerprint density at radius 3 is 2.65 bits per heavy atom. The lowest BCUT2D eigenvalue weighted by Crippen LogP contribution is -2.39. The quantitative estimate of drug-likeness (QED) is 0.730. The maximum Gasteiger partial charge on any atom is 0.0923 e. The molecule has 0 saturated carbocycles. The van der Waals surface area contributed by atoms with E-state index in [9.17, 15) is 5.11 Å². The molecule has 0 bridgehead atoms. The zero-order chi connectivity index (χ0) is 15.2. The van der Waals surface area contributed by atoms with Crippen LogP contribution in [0.25, 0.3) is 0 Å². The molecule has 2 nitrogen and oxygen atoms in total.